The Kier molecular flexibility index (Phi) is 3.82. The van der Waals surface area contributed by atoms with Gasteiger partial charge in [0, 0.05) is 20.1 Å². The number of likely N-dealkylation sites (tertiary alicyclic amines) is 1. The van der Waals surface area contributed by atoms with Crippen molar-refractivity contribution in [2.24, 2.45) is 0 Å². The van der Waals surface area contributed by atoms with Gasteiger partial charge in [-0.05, 0) is 24.3 Å². The maximum atomic E-state index is 12.4. The highest BCUT2D eigenvalue weighted by molar-refractivity contribution is 5.90. The normalized spacial score (nSPS) is 23.3. The molecule has 0 aromatic heterocycles. The van der Waals surface area contributed by atoms with E-state index in [0.717, 1.165) is 25.9 Å². The van der Waals surface area contributed by atoms with Crippen molar-refractivity contribution in [1.82, 2.24) is 15.1 Å². The van der Waals surface area contributed by atoms with Gasteiger partial charge < -0.3 is 15.1 Å². The zero-order valence-corrected chi connectivity index (χ0v) is 12.3. The van der Waals surface area contributed by atoms with Crippen LogP contribution in [0, 0.1) is 0 Å². The van der Waals surface area contributed by atoms with E-state index in [1.54, 1.807) is 11.9 Å². The largest absolute Gasteiger partial charge is 0.341 e. The average molecular weight is 287 g/mol. The minimum atomic E-state index is -0.379. The summed E-state index contributed by atoms with van der Waals surface area (Å²) in [5.74, 6) is 0.593. The maximum absolute atomic E-state index is 12.4. The van der Waals surface area contributed by atoms with Crippen LogP contribution in [0.2, 0.25) is 0 Å². The van der Waals surface area contributed by atoms with Gasteiger partial charge in [-0.15, -0.1) is 0 Å². The number of carbonyl (C=O) groups excluding carboxylic acids is 2. The summed E-state index contributed by atoms with van der Waals surface area (Å²) in [4.78, 5) is 27.3. The molecule has 3 amide bonds. The second-order valence-electron chi connectivity index (χ2n) is 5.89. The van der Waals surface area contributed by atoms with Crippen molar-refractivity contribution in [3.63, 3.8) is 0 Å². The van der Waals surface area contributed by atoms with Crippen LogP contribution in [-0.2, 0) is 4.79 Å². The van der Waals surface area contributed by atoms with Crippen molar-refractivity contribution in [2.75, 3.05) is 26.7 Å². The molecule has 5 heteroatoms. The lowest BCUT2D eigenvalue weighted by atomic mass is 9.89. The molecule has 112 valence electrons. The van der Waals surface area contributed by atoms with Gasteiger partial charge in [0.2, 0.25) is 5.91 Å². The van der Waals surface area contributed by atoms with E-state index in [1.165, 1.54) is 5.56 Å². The Balaban J connectivity index is 1.56. The number of rotatable bonds is 2. The number of nitrogens with one attached hydrogen (secondary N) is 1. The summed E-state index contributed by atoms with van der Waals surface area (Å²) in [6.45, 7) is 2.01. The molecule has 1 N–H and O–H groups in total. The Hall–Kier alpha value is -2.04. The number of amides is 3. The van der Waals surface area contributed by atoms with Gasteiger partial charge in [-0.25, -0.2) is 4.79 Å². The van der Waals surface area contributed by atoms with Gasteiger partial charge in [0.1, 0.15) is 6.04 Å². The van der Waals surface area contributed by atoms with Crippen molar-refractivity contribution >= 4 is 11.9 Å². The van der Waals surface area contributed by atoms with Crippen LogP contribution in [0.15, 0.2) is 30.3 Å². The number of likely N-dealkylation sites (N-methyl/N-ethyl adjacent to an activating group) is 1. The molecule has 1 aromatic carbocycles. The molecule has 21 heavy (non-hydrogen) atoms. The fourth-order valence-corrected chi connectivity index (χ4v) is 3.18. The van der Waals surface area contributed by atoms with Crippen LogP contribution in [0.25, 0.3) is 0 Å². The standard InChI is InChI=1S/C16H21N3O2/c1-18-11-14(17-16(18)21)15(20)19-9-7-13(8-10-19)12-5-3-2-4-6-12/h2-6,13-14H,7-11H2,1H3,(H,17,21). The van der Waals surface area contributed by atoms with Crippen LogP contribution in [0.3, 0.4) is 0 Å². The molecule has 1 unspecified atom stereocenters. The van der Waals surface area contributed by atoms with Gasteiger partial charge in [0.25, 0.3) is 0 Å². The Morgan fingerprint density at radius 3 is 2.43 bits per heavy atom. The minimum Gasteiger partial charge on any atom is -0.341 e. The summed E-state index contributed by atoms with van der Waals surface area (Å²) in [5.41, 5.74) is 1.36. The number of nitrogens with zero attached hydrogens (tertiary/aromatic N) is 2. The van der Waals surface area contributed by atoms with Crippen LogP contribution in [0.5, 0.6) is 0 Å². The summed E-state index contributed by atoms with van der Waals surface area (Å²) in [6.07, 6.45) is 1.98. The number of hydrogen-bond donors (Lipinski definition) is 1. The smallest absolute Gasteiger partial charge is 0.317 e. The first kappa shape index (κ1) is 13.9. The van der Waals surface area contributed by atoms with Gasteiger partial charge in [-0.1, -0.05) is 30.3 Å². The predicted molar refractivity (Wildman–Crippen MR) is 79.9 cm³/mol. The van der Waals surface area contributed by atoms with Crippen molar-refractivity contribution in [3.05, 3.63) is 35.9 Å². The number of carbonyl (C=O) groups is 2. The van der Waals surface area contributed by atoms with E-state index in [0.29, 0.717) is 12.5 Å². The van der Waals surface area contributed by atoms with Crippen molar-refractivity contribution in [2.45, 2.75) is 24.8 Å². The molecule has 2 saturated heterocycles. The van der Waals surface area contributed by atoms with E-state index in [1.807, 2.05) is 11.0 Å². The molecule has 3 rings (SSSR count). The lowest BCUT2D eigenvalue weighted by molar-refractivity contribution is -0.133. The molecular weight excluding hydrogens is 266 g/mol. The Bertz CT molecular complexity index is 524. The monoisotopic (exact) mass is 287 g/mol. The average Bonchev–Trinajstić information content (AvgIpc) is 2.87. The predicted octanol–water partition coefficient (Wildman–Crippen LogP) is 1.42. The molecule has 2 aliphatic heterocycles. The van der Waals surface area contributed by atoms with Gasteiger partial charge in [-0.2, -0.15) is 0 Å². The third-order valence-corrected chi connectivity index (χ3v) is 4.48. The van der Waals surface area contributed by atoms with Gasteiger partial charge in [0.05, 0.1) is 6.54 Å². The first-order chi connectivity index (χ1) is 10.1. The second-order valence-corrected chi connectivity index (χ2v) is 5.89. The van der Waals surface area contributed by atoms with Gasteiger partial charge in [0.15, 0.2) is 0 Å². The summed E-state index contributed by atoms with van der Waals surface area (Å²) < 4.78 is 0. The topological polar surface area (TPSA) is 52.7 Å². The molecule has 0 bridgehead atoms. The molecule has 1 aromatic rings. The second kappa shape index (κ2) is 5.76. The van der Waals surface area contributed by atoms with Crippen LogP contribution >= 0.6 is 0 Å². The Morgan fingerprint density at radius 1 is 1.19 bits per heavy atom. The van der Waals surface area contributed by atoms with E-state index in [4.69, 9.17) is 0 Å². The highest BCUT2D eigenvalue weighted by Crippen LogP contribution is 2.28. The molecule has 0 radical (unpaired) electrons. The lowest BCUT2D eigenvalue weighted by Crippen LogP contribution is -2.48. The summed E-state index contributed by atoms with van der Waals surface area (Å²) in [7, 11) is 1.71. The molecule has 0 spiro atoms. The number of hydrogen-bond acceptors (Lipinski definition) is 2. The molecule has 2 aliphatic rings. The summed E-state index contributed by atoms with van der Waals surface area (Å²) in [5, 5.41) is 2.74. The van der Waals surface area contributed by atoms with Crippen LogP contribution in [0.4, 0.5) is 4.79 Å². The van der Waals surface area contributed by atoms with Crippen molar-refractivity contribution in [3.8, 4) is 0 Å². The van der Waals surface area contributed by atoms with Crippen molar-refractivity contribution < 1.29 is 9.59 Å². The number of urea groups is 1. The fourth-order valence-electron chi connectivity index (χ4n) is 3.18. The zero-order valence-electron chi connectivity index (χ0n) is 12.3. The van der Waals surface area contributed by atoms with Crippen LogP contribution in [0.1, 0.15) is 24.3 Å². The Morgan fingerprint density at radius 2 is 1.86 bits per heavy atom. The van der Waals surface area contributed by atoms with Crippen LogP contribution < -0.4 is 5.32 Å². The SMILES string of the molecule is CN1CC(C(=O)N2CCC(c3ccccc3)CC2)NC1=O. The molecule has 0 saturated carbocycles. The van der Waals surface area contributed by atoms with Gasteiger partial charge >= 0.3 is 6.03 Å². The molecule has 2 heterocycles. The van der Waals surface area contributed by atoms with Crippen LogP contribution in [-0.4, -0.2) is 54.5 Å². The van der Waals surface area contributed by atoms with E-state index < -0.39 is 0 Å². The third-order valence-electron chi connectivity index (χ3n) is 4.48. The van der Waals surface area contributed by atoms with E-state index in [2.05, 4.69) is 29.6 Å². The third kappa shape index (κ3) is 2.86. The summed E-state index contributed by atoms with van der Waals surface area (Å²) >= 11 is 0. The van der Waals surface area contributed by atoms with E-state index in [9.17, 15) is 9.59 Å². The van der Waals surface area contributed by atoms with Crippen molar-refractivity contribution in [1.29, 1.82) is 0 Å². The maximum Gasteiger partial charge on any atom is 0.317 e. The first-order valence-corrected chi connectivity index (χ1v) is 7.50. The highest BCUT2D eigenvalue weighted by Gasteiger charge is 2.35. The molecule has 1 atom stereocenters. The zero-order chi connectivity index (χ0) is 14.8. The molecular formula is C16H21N3O2. The molecule has 0 aliphatic carbocycles. The quantitative estimate of drug-likeness (QED) is 0.894. The number of piperidine rings is 1. The molecule has 2 fully saturated rings. The fraction of sp³-hybridized carbons (Fsp3) is 0.500. The highest BCUT2D eigenvalue weighted by atomic mass is 16.2. The lowest BCUT2D eigenvalue weighted by Gasteiger charge is -2.33. The Labute approximate surface area is 124 Å². The molecule has 5 nitrogen and oxygen atoms in total. The minimum absolute atomic E-state index is 0.0548. The number of benzene rings is 1. The first-order valence-electron chi connectivity index (χ1n) is 7.50. The van der Waals surface area contributed by atoms with E-state index in [-0.39, 0.29) is 18.0 Å². The summed E-state index contributed by atoms with van der Waals surface area (Å²) in [6, 6.07) is 9.95. The van der Waals surface area contributed by atoms with E-state index >= 15 is 0 Å². The van der Waals surface area contributed by atoms with Gasteiger partial charge in [-0.3, -0.25) is 4.79 Å².